The number of hydrogen-bond acceptors (Lipinski definition) is 4. The number of carbonyl (C=O) groups is 1. The summed E-state index contributed by atoms with van der Waals surface area (Å²) >= 11 is 0. The van der Waals surface area contributed by atoms with Gasteiger partial charge in [0.2, 0.25) is 0 Å². The van der Waals surface area contributed by atoms with Crippen LogP contribution in [0.2, 0.25) is 0 Å². The van der Waals surface area contributed by atoms with Crippen molar-refractivity contribution < 1.29 is 4.79 Å². The van der Waals surface area contributed by atoms with Crippen LogP contribution in [0.25, 0.3) is 0 Å². The quantitative estimate of drug-likeness (QED) is 0.720. The molecule has 6 heteroatoms. The van der Waals surface area contributed by atoms with Crippen LogP contribution in [0, 0.1) is 0 Å². The number of rotatable bonds is 6. The van der Waals surface area contributed by atoms with Gasteiger partial charge in [-0.05, 0) is 36.6 Å². The normalized spacial score (nSPS) is 16.1. The Morgan fingerprint density at radius 1 is 1.04 bits per heavy atom. The van der Waals surface area contributed by atoms with Crippen LogP contribution in [0.4, 0.5) is 0 Å². The van der Waals surface area contributed by atoms with Gasteiger partial charge in [0.25, 0.3) is 5.91 Å². The Morgan fingerprint density at radius 2 is 1.82 bits per heavy atom. The summed E-state index contributed by atoms with van der Waals surface area (Å²) in [5.41, 5.74) is 1.78. The van der Waals surface area contributed by atoms with Crippen molar-refractivity contribution in [3.63, 3.8) is 0 Å². The minimum atomic E-state index is 0.0233. The number of benzene rings is 1. The molecule has 1 aromatic carbocycles. The van der Waals surface area contributed by atoms with Crippen molar-refractivity contribution >= 4 is 5.91 Å². The van der Waals surface area contributed by atoms with E-state index in [-0.39, 0.29) is 11.9 Å². The Balaban J connectivity index is 1.38. The predicted molar refractivity (Wildman–Crippen MR) is 108 cm³/mol. The van der Waals surface area contributed by atoms with Crippen molar-refractivity contribution in [3.05, 3.63) is 84.4 Å². The Bertz CT molecular complexity index is 858. The van der Waals surface area contributed by atoms with Gasteiger partial charge in [-0.1, -0.05) is 36.4 Å². The highest BCUT2D eigenvalue weighted by atomic mass is 16.2. The van der Waals surface area contributed by atoms with E-state index in [4.69, 9.17) is 0 Å². The van der Waals surface area contributed by atoms with Gasteiger partial charge in [-0.25, -0.2) is 0 Å². The Morgan fingerprint density at radius 3 is 2.50 bits per heavy atom. The first-order valence-electron chi connectivity index (χ1n) is 9.78. The highest BCUT2D eigenvalue weighted by molar-refractivity contribution is 5.92. The number of nitrogens with zero attached hydrogens (tertiary/aromatic N) is 4. The molecule has 1 aliphatic rings. The van der Waals surface area contributed by atoms with Crippen LogP contribution in [0.5, 0.6) is 0 Å². The van der Waals surface area contributed by atoms with E-state index in [0.717, 1.165) is 32.5 Å². The summed E-state index contributed by atoms with van der Waals surface area (Å²) in [6.07, 6.45) is 7.33. The molecule has 1 N–H and O–H groups in total. The molecule has 3 aromatic rings. The Hall–Kier alpha value is -2.99. The molecular formula is C22H25N5O. The van der Waals surface area contributed by atoms with Crippen LogP contribution in [-0.2, 0) is 6.54 Å². The fraction of sp³-hybridized carbons (Fsp3) is 0.318. The number of carbonyl (C=O) groups excluding carboxylic acids is 1. The molecule has 1 aliphatic heterocycles. The number of piperidine rings is 1. The molecule has 0 spiro atoms. The molecule has 0 saturated carbocycles. The van der Waals surface area contributed by atoms with Gasteiger partial charge in [-0.15, -0.1) is 0 Å². The standard InChI is InChI=1S/C22H25N5O/c28-22(20-9-4-5-12-23-20)26-15-10-19(11-16-26)25-21(17-27-14-6-13-24-27)18-7-2-1-3-8-18/h1-9,12-14,19,21,25H,10-11,15-17H2. The molecule has 28 heavy (non-hydrogen) atoms. The number of amides is 1. The van der Waals surface area contributed by atoms with Crippen molar-refractivity contribution in [2.75, 3.05) is 13.1 Å². The second-order valence-electron chi connectivity index (χ2n) is 7.14. The third kappa shape index (κ3) is 4.46. The molecule has 0 bridgehead atoms. The van der Waals surface area contributed by atoms with E-state index in [1.807, 2.05) is 46.2 Å². The number of pyridine rings is 1. The first-order chi connectivity index (χ1) is 13.8. The average Bonchev–Trinajstić information content (AvgIpc) is 3.28. The maximum atomic E-state index is 12.6. The van der Waals surface area contributed by atoms with Crippen LogP contribution in [0.1, 0.15) is 34.9 Å². The van der Waals surface area contributed by atoms with Crippen molar-refractivity contribution in [2.45, 2.75) is 31.5 Å². The molecule has 1 atom stereocenters. The average molecular weight is 375 g/mol. The zero-order valence-electron chi connectivity index (χ0n) is 15.8. The maximum absolute atomic E-state index is 12.6. The van der Waals surface area contributed by atoms with Crippen molar-refractivity contribution in [1.82, 2.24) is 25.0 Å². The monoisotopic (exact) mass is 375 g/mol. The topological polar surface area (TPSA) is 63.1 Å². The zero-order chi connectivity index (χ0) is 19.2. The molecule has 1 amide bonds. The molecule has 0 radical (unpaired) electrons. The molecule has 2 aromatic heterocycles. The lowest BCUT2D eigenvalue weighted by Crippen LogP contribution is -2.46. The van der Waals surface area contributed by atoms with Crippen LogP contribution in [0.15, 0.2) is 73.2 Å². The molecule has 1 saturated heterocycles. The van der Waals surface area contributed by atoms with Gasteiger partial charge in [-0.2, -0.15) is 5.10 Å². The van der Waals surface area contributed by atoms with Gasteiger partial charge in [0, 0.05) is 37.7 Å². The second kappa shape index (κ2) is 8.80. The summed E-state index contributed by atoms with van der Waals surface area (Å²) in [7, 11) is 0. The SMILES string of the molecule is O=C(c1ccccn1)N1CCC(NC(Cn2cccn2)c2ccccc2)CC1. The van der Waals surface area contributed by atoms with Crippen LogP contribution < -0.4 is 5.32 Å². The van der Waals surface area contributed by atoms with Crippen molar-refractivity contribution in [1.29, 1.82) is 0 Å². The van der Waals surface area contributed by atoms with Crippen LogP contribution in [-0.4, -0.2) is 44.7 Å². The number of nitrogens with one attached hydrogen (secondary N) is 1. The third-order valence-electron chi connectivity index (χ3n) is 5.23. The Labute approximate surface area is 165 Å². The van der Waals surface area contributed by atoms with Gasteiger partial charge in [0.05, 0.1) is 12.6 Å². The molecule has 144 valence electrons. The molecular weight excluding hydrogens is 350 g/mol. The Kier molecular flexibility index (Phi) is 5.77. The van der Waals surface area contributed by atoms with Gasteiger partial charge in [-0.3, -0.25) is 14.5 Å². The fourth-order valence-electron chi connectivity index (χ4n) is 3.72. The van der Waals surface area contributed by atoms with Crippen LogP contribution >= 0.6 is 0 Å². The second-order valence-corrected chi connectivity index (χ2v) is 7.14. The minimum absolute atomic E-state index is 0.0233. The van der Waals surface area contributed by atoms with Gasteiger partial charge < -0.3 is 10.2 Å². The summed E-state index contributed by atoms with van der Waals surface area (Å²) in [4.78, 5) is 18.7. The maximum Gasteiger partial charge on any atom is 0.272 e. The third-order valence-corrected chi connectivity index (χ3v) is 5.23. The highest BCUT2D eigenvalue weighted by Gasteiger charge is 2.26. The number of hydrogen-bond donors (Lipinski definition) is 1. The lowest BCUT2D eigenvalue weighted by Gasteiger charge is -2.34. The summed E-state index contributed by atoms with van der Waals surface area (Å²) in [6, 6.07) is 18.5. The van der Waals surface area contributed by atoms with E-state index in [1.54, 1.807) is 12.3 Å². The number of aromatic nitrogens is 3. The van der Waals surface area contributed by atoms with Crippen LogP contribution in [0.3, 0.4) is 0 Å². The first kappa shape index (κ1) is 18.4. The molecule has 6 nitrogen and oxygen atoms in total. The van der Waals surface area contributed by atoms with Crippen molar-refractivity contribution in [3.8, 4) is 0 Å². The van der Waals surface area contributed by atoms with E-state index < -0.39 is 0 Å². The molecule has 4 rings (SSSR count). The lowest BCUT2D eigenvalue weighted by molar-refractivity contribution is 0.0694. The minimum Gasteiger partial charge on any atom is -0.337 e. The summed E-state index contributed by atoms with van der Waals surface area (Å²) < 4.78 is 1.96. The zero-order valence-corrected chi connectivity index (χ0v) is 15.8. The summed E-state index contributed by atoms with van der Waals surface area (Å²) in [5, 5.41) is 8.16. The number of likely N-dealkylation sites (tertiary alicyclic amines) is 1. The van der Waals surface area contributed by atoms with E-state index in [1.165, 1.54) is 5.56 Å². The van der Waals surface area contributed by atoms with Gasteiger partial charge >= 0.3 is 0 Å². The van der Waals surface area contributed by atoms with E-state index >= 15 is 0 Å². The first-order valence-corrected chi connectivity index (χ1v) is 9.78. The van der Waals surface area contributed by atoms with E-state index in [2.05, 4.69) is 39.7 Å². The van der Waals surface area contributed by atoms with Crippen molar-refractivity contribution in [2.24, 2.45) is 0 Å². The molecule has 0 aliphatic carbocycles. The molecule has 1 fully saturated rings. The predicted octanol–water partition coefficient (Wildman–Crippen LogP) is 2.91. The summed E-state index contributed by atoms with van der Waals surface area (Å²) in [5.74, 6) is 0.0233. The van der Waals surface area contributed by atoms with Gasteiger partial charge in [0.1, 0.15) is 5.69 Å². The van der Waals surface area contributed by atoms with E-state index in [0.29, 0.717) is 11.7 Å². The summed E-state index contributed by atoms with van der Waals surface area (Å²) in [6.45, 7) is 2.27. The molecule has 3 heterocycles. The molecule has 1 unspecified atom stereocenters. The largest absolute Gasteiger partial charge is 0.337 e. The smallest absolute Gasteiger partial charge is 0.272 e. The fourth-order valence-corrected chi connectivity index (χ4v) is 3.72. The van der Waals surface area contributed by atoms with Gasteiger partial charge in [0.15, 0.2) is 0 Å². The van der Waals surface area contributed by atoms with E-state index in [9.17, 15) is 4.79 Å². The highest BCUT2D eigenvalue weighted by Crippen LogP contribution is 2.20. The lowest BCUT2D eigenvalue weighted by atomic mass is 10.0.